The minimum Gasteiger partial charge on any atom is -0.497 e. The zero-order valence-electron chi connectivity index (χ0n) is 25.1. The number of allylic oxidation sites excluding steroid dienone is 1. The highest BCUT2D eigenvalue weighted by Crippen LogP contribution is 2.52. The molecule has 0 radical (unpaired) electrons. The van der Waals surface area contributed by atoms with Crippen molar-refractivity contribution >= 4 is 32.8 Å². The number of sulfonamides is 1. The second kappa shape index (κ2) is 11.2. The zero-order valence-corrected chi connectivity index (χ0v) is 25.9. The van der Waals surface area contributed by atoms with E-state index >= 15 is 0 Å². The van der Waals surface area contributed by atoms with Gasteiger partial charge in [0.05, 0.1) is 29.7 Å². The maximum Gasteiger partial charge on any atom is 0.314 e. The molecule has 224 valence electrons. The Morgan fingerprint density at radius 2 is 1.83 bits per heavy atom. The number of ether oxygens (including phenoxy) is 2. The van der Waals surface area contributed by atoms with Gasteiger partial charge >= 0.3 is 5.97 Å². The van der Waals surface area contributed by atoms with Crippen molar-refractivity contribution in [1.82, 2.24) is 9.29 Å². The highest BCUT2D eigenvalue weighted by atomic mass is 32.2. The summed E-state index contributed by atoms with van der Waals surface area (Å²) in [7, 11) is -2.36. The minimum absolute atomic E-state index is 0.140. The molecule has 1 saturated carbocycles. The van der Waals surface area contributed by atoms with Crippen LogP contribution in [0.5, 0.6) is 5.75 Å². The van der Waals surface area contributed by atoms with Crippen LogP contribution < -0.4 is 9.46 Å². The molecule has 1 aliphatic carbocycles. The molecule has 1 N–H and O–H groups in total. The lowest BCUT2D eigenvalue weighted by Crippen LogP contribution is -2.38. The van der Waals surface area contributed by atoms with E-state index in [1.165, 1.54) is 18.9 Å². The highest BCUT2D eigenvalue weighted by molar-refractivity contribution is 7.93. The van der Waals surface area contributed by atoms with Crippen molar-refractivity contribution in [3.8, 4) is 17.0 Å². The molecule has 2 aliphatic rings. The van der Waals surface area contributed by atoms with Crippen molar-refractivity contribution < 1.29 is 27.5 Å². The number of rotatable bonds is 7. The van der Waals surface area contributed by atoms with Gasteiger partial charge in [-0.15, -0.1) is 0 Å². The van der Waals surface area contributed by atoms with Gasteiger partial charge in [-0.1, -0.05) is 38.8 Å². The van der Waals surface area contributed by atoms with Crippen LogP contribution in [0.2, 0.25) is 0 Å². The molecule has 1 aromatic heterocycles. The van der Waals surface area contributed by atoms with E-state index in [1.807, 2.05) is 25.1 Å². The minimum atomic E-state index is -4.00. The van der Waals surface area contributed by atoms with Crippen molar-refractivity contribution in [2.24, 2.45) is 5.41 Å². The monoisotopic (exact) mass is 592 g/mol. The van der Waals surface area contributed by atoms with Crippen molar-refractivity contribution in [1.29, 1.82) is 0 Å². The second-order valence-corrected chi connectivity index (χ2v) is 13.8. The third-order valence-corrected chi connectivity index (χ3v) is 10.6. The first kappa shape index (κ1) is 29.9. The zero-order chi connectivity index (χ0) is 30.4. The van der Waals surface area contributed by atoms with E-state index in [0.29, 0.717) is 18.2 Å². The van der Waals surface area contributed by atoms with Gasteiger partial charge in [-0.05, 0) is 86.9 Å². The summed E-state index contributed by atoms with van der Waals surface area (Å²) in [6, 6.07) is 11.4. The first-order chi connectivity index (χ1) is 19.9. The largest absolute Gasteiger partial charge is 0.497 e. The van der Waals surface area contributed by atoms with Gasteiger partial charge < -0.3 is 14.0 Å². The molecule has 2 heterocycles. The summed E-state index contributed by atoms with van der Waals surface area (Å²) in [5.74, 6) is -0.189. The Hall–Kier alpha value is -3.59. The summed E-state index contributed by atoms with van der Waals surface area (Å²) in [4.78, 5) is 26.7. The Morgan fingerprint density at radius 1 is 1.12 bits per heavy atom. The molecule has 1 aliphatic heterocycles. The SMILES string of the molecule is C=C(C)S(=O)(=O)NC(=O)c1ccc2c(C3CCCCC3)c3n(c2c1)C[C@](C)(C(=O)OCC)C(C)c1cc(OC)ccc1-3. The van der Waals surface area contributed by atoms with E-state index in [1.54, 1.807) is 26.2 Å². The Labute approximate surface area is 248 Å². The van der Waals surface area contributed by atoms with Crippen molar-refractivity contribution in [2.75, 3.05) is 13.7 Å². The second-order valence-electron chi connectivity index (χ2n) is 11.9. The van der Waals surface area contributed by atoms with Crippen molar-refractivity contribution in [3.05, 3.63) is 64.6 Å². The van der Waals surface area contributed by atoms with E-state index in [9.17, 15) is 18.0 Å². The lowest BCUT2D eigenvalue weighted by atomic mass is 9.73. The lowest BCUT2D eigenvalue weighted by molar-refractivity contribution is -0.156. The van der Waals surface area contributed by atoms with E-state index in [0.717, 1.165) is 53.4 Å². The predicted octanol–water partition coefficient (Wildman–Crippen LogP) is 6.64. The molecular weight excluding hydrogens is 552 g/mol. The maximum absolute atomic E-state index is 13.7. The molecule has 2 atom stereocenters. The van der Waals surface area contributed by atoms with Crippen LogP contribution in [0.25, 0.3) is 22.2 Å². The average Bonchev–Trinajstić information content (AvgIpc) is 3.24. The van der Waals surface area contributed by atoms with Gasteiger partial charge in [0.25, 0.3) is 15.9 Å². The smallest absolute Gasteiger partial charge is 0.314 e. The fraction of sp³-hybridized carbons (Fsp3) is 0.455. The van der Waals surface area contributed by atoms with Crippen molar-refractivity contribution in [2.45, 2.75) is 78.2 Å². The van der Waals surface area contributed by atoms with Crippen LogP contribution in [0, 0.1) is 5.41 Å². The number of aromatic nitrogens is 1. The number of hydrogen-bond donors (Lipinski definition) is 1. The number of fused-ring (bicyclic) bond motifs is 5. The molecule has 1 amide bonds. The molecule has 9 heteroatoms. The van der Waals surface area contributed by atoms with Gasteiger partial charge in [0.1, 0.15) is 5.75 Å². The molecular formula is C33H40N2O6S. The van der Waals surface area contributed by atoms with Gasteiger partial charge in [0.2, 0.25) is 0 Å². The third kappa shape index (κ3) is 5.02. The number of methoxy groups -OCH3 is 1. The molecule has 8 nitrogen and oxygen atoms in total. The number of carbonyl (C=O) groups excluding carboxylic acids is 2. The number of amides is 1. The van der Waals surface area contributed by atoms with Crippen LogP contribution >= 0.6 is 0 Å². The summed E-state index contributed by atoms with van der Waals surface area (Å²) in [5, 5.41) is 1.01. The molecule has 0 bridgehead atoms. The molecule has 2 aromatic carbocycles. The molecule has 1 unspecified atom stereocenters. The molecule has 0 spiro atoms. The van der Waals surface area contributed by atoms with Crippen LogP contribution in [-0.4, -0.2) is 38.6 Å². The van der Waals surface area contributed by atoms with Gasteiger partial charge in [0.15, 0.2) is 0 Å². The van der Waals surface area contributed by atoms with Gasteiger partial charge in [-0.3, -0.25) is 9.59 Å². The standard InChI is InChI=1S/C33H40N2O6S/c1-7-41-32(37)33(5)19-35-28-17-23(31(36)34-42(38,39)20(2)3)13-15-26(28)29(22-11-9-8-10-12-22)30(35)25-16-14-24(40-6)18-27(25)21(33)4/h13-18,21-22H,2,7-12,19H2,1,3-6H3,(H,34,36)/t21?,33-/m0/s1. The average molecular weight is 593 g/mol. The van der Waals surface area contributed by atoms with Crippen LogP contribution in [0.15, 0.2) is 47.9 Å². The fourth-order valence-corrected chi connectivity index (χ4v) is 7.17. The molecule has 1 fully saturated rings. The number of nitrogens with zero attached hydrogens (tertiary/aromatic N) is 1. The third-order valence-electron chi connectivity index (χ3n) is 9.23. The number of esters is 1. The van der Waals surface area contributed by atoms with Crippen LogP contribution in [0.1, 0.15) is 93.1 Å². The summed E-state index contributed by atoms with van der Waals surface area (Å²) in [5.41, 5.74) is 4.38. The normalized spacial score (nSPS) is 20.7. The van der Waals surface area contributed by atoms with E-state index in [4.69, 9.17) is 9.47 Å². The number of benzene rings is 2. The Morgan fingerprint density at radius 3 is 2.48 bits per heavy atom. The summed E-state index contributed by atoms with van der Waals surface area (Å²) in [6.45, 7) is 11.2. The summed E-state index contributed by atoms with van der Waals surface area (Å²) in [6.07, 6.45) is 5.60. The Balaban J connectivity index is 1.82. The van der Waals surface area contributed by atoms with E-state index in [-0.39, 0.29) is 29.0 Å². The molecule has 42 heavy (non-hydrogen) atoms. The Bertz CT molecular complexity index is 1680. The fourth-order valence-electron chi connectivity index (χ4n) is 6.63. The Kier molecular flexibility index (Phi) is 8.00. The van der Waals surface area contributed by atoms with Crippen LogP contribution in [0.4, 0.5) is 0 Å². The topological polar surface area (TPSA) is 104 Å². The first-order valence-corrected chi connectivity index (χ1v) is 16.2. The van der Waals surface area contributed by atoms with E-state index in [2.05, 4.69) is 28.9 Å². The predicted molar refractivity (Wildman–Crippen MR) is 164 cm³/mol. The quantitative estimate of drug-likeness (QED) is 0.308. The van der Waals surface area contributed by atoms with E-state index < -0.39 is 21.3 Å². The van der Waals surface area contributed by atoms with Gasteiger partial charge in [-0.2, -0.15) is 0 Å². The van der Waals surface area contributed by atoms with Crippen LogP contribution in [0.3, 0.4) is 0 Å². The summed E-state index contributed by atoms with van der Waals surface area (Å²) >= 11 is 0. The van der Waals surface area contributed by atoms with Crippen LogP contribution in [-0.2, 0) is 26.1 Å². The lowest BCUT2D eigenvalue weighted by Gasteiger charge is -2.33. The highest BCUT2D eigenvalue weighted by Gasteiger charge is 2.46. The van der Waals surface area contributed by atoms with Crippen molar-refractivity contribution in [3.63, 3.8) is 0 Å². The number of carbonyl (C=O) groups is 2. The molecule has 5 rings (SSSR count). The van der Waals surface area contributed by atoms with Gasteiger partial charge in [-0.25, -0.2) is 13.1 Å². The van der Waals surface area contributed by atoms with Gasteiger partial charge in [0, 0.05) is 28.6 Å². The molecule has 0 saturated heterocycles. The summed E-state index contributed by atoms with van der Waals surface area (Å²) < 4.78 is 40.4. The first-order valence-electron chi connectivity index (χ1n) is 14.7. The number of nitrogens with one attached hydrogen (secondary N) is 1. The number of hydrogen-bond acceptors (Lipinski definition) is 6. The molecule has 3 aromatic rings. The maximum atomic E-state index is 13.7.